The fraction of sp³-hybridized carbons (Fsp3) is 0.182. The van der Waals surface area contributed by atoms with E-state index < -0.39 is 0 Å². The second kappa shape index (κ2) is 4.82. The van der Waals surface area contributed by atoms with Crippen LogP contribution >= 0.6 is 11.6 Å². The van der Waals surface area contributed by atoms with Gasteiger partial charge in [-0.25, -0.2) is 0 Å². The minimum Gasteiger partial charge on any atom is -0.346 e. The van der Waals surface area contributed by atoms with E-state index in [0.29, 0.717) is 5.02 Å². The van der Waals surface area contributed by atoms with Crippen molar-refractivity contribution < 1.29 is 4.79 Å². The third-order valence-electron chi connectivity index (χ3n) is 1.91. The van der Waals surface area contributed by atoms with Crippen LogP contribution in [0.15, 0.2) is 36.9 Å². The van der Waals surface area contributed by atoms with Crippen molar-refractivity contribution in [2.24, 2.45) is 0 Å². The molecule has 0 radical (unpaired) electrons. The molecule has 0 aliphatic rings. The second-order valence-corrected chi connectivity index (χ2v) is 3.42. The van der Waals surface area contributed by atoms with Crippen LogP contribution in [0, 0.1) is 0 Å². The number of rotatable bonds is 3. The van der Waals surface area contributed by atoms with E-state index in [0.717, 1.165) is 5.56 Å². The number of nitrogens with one attached hydrogen (secondary N) is 1. The van der Waals surface area contributed by atoms with Gasteiger partial charge >= 0.3 is 0 Å². The Balaban J connectivity index is 2.69. The molecule has 0 aromatic heterocycles. The normalized spacial score (nSPS) is 11.9. The standard InChI is InChI=1S/C11H12ClNO/c1-3-11(14)13-8(2)9-4-6-10(12)7-5-9/h3-8H,1H2,2H3,(H,13,14)/t8-/m0/s1. The first-order chi connectivity index (χ1) is 6.63. The molecule has 1 aromatic rings. The SMILES string of the molecule is C=CC(=O)N[C@@H](C)c1ccc(Cl)cc1. The third kappa shape index (κ3) is 2.89. The molecule has 0 unspecified atom stereocenters. The molecule has 1 atom stereocenters. The summed E-state index contributed by atoms with van der Waals surface area (Å²) >= 11 is 5.75. The van der Waals surface area contributed by atoms with Gasteiger partial charge < -0.3 is 5.32 Å². The zero-order valence-electron chi connectivity index (χ0n) is 7.96. The van der Waals surface area contributed by atoms with Gasteiger partial charge in [0.2, 0.25) is 5.91 Å². The zero-order valence-corrected chi connectivity index (χ0v) is 8.71. The van der Waals surface area contributed by atoms with Gasteiger partial charge in [0, 0.05) is 5.02 Å². The highest BCUT2D eigenvalue weighted by Gasteiger charge is 2.06. The molecule has 0 heterocycles. The average Bonchev–Trinajstić information content (AvgIpc) is 2.18. The molecule has 0 aliphatic carbocycles. The largest absolute Gasteiger partial charge is 0.346 e. The van der Waals surface area contributed by atoms with Crippen molar-refractivity contribution in [1.82, 2.24) is 5.32 Å². The predicted molar refractivity (Wildman–Crippen MR) is 58.2 cm³/mol. The predicted octanol–water partition coefficient (Wildman–Crippen LogP) is 2.70. The molecule has 1 rings (SSSR count). The fourth-order valence-electron chi connectivity index (χ4n) is 1.11. The van der Waals surface area contributed by atoms with E-state index in [1.165, 1.54) is 6.08 Å². The molecule has 74 valence electrons. The van der Waals surface area contributed by atoms with Crippen LogP contribution in [0.2, 0.25) is 5.02 Å². The monoisotopic (exact) mass is 209 g/mol. The van der Waals surface area contributed by atoms with Crippen LogP contribution in [-0.4, -0.2) is 5.91 Å². The van der Waals surface area contributed by atoms with Gasteiger partial charge in [-0.15, -0.1) is 0 Å². The lowest BCUT2D eigenvalue weighted by atomic mass is 10.1. The van der Waals surface area contributed by atoms with Crippen LogP contribution < -0.4 is 5.32 Å². The molecule has 0 saturated carbocycles. The van der Waals surface area contributed by atoms with Gasteiger partial charge in [-0.2, -0.15) is 0 Å². The highest BCUT2D eigenvalue weighted by atomic mass is 35.5. The van der Waals surface area contributed by atoms with Crippen LogP contribution in [0.4, 0.5) is 0 Å². The molecule has 0 bridgehead atoms. The van der Waals surface area contributed by atoms with Crippen molar-refractivity contribution in [3.8, 4) is 0 Å². The van der Waals surface area contributed by atoms with Crippen molar-refractivity contribution in [3.05, 3.63) is 47.5 Å². The molecule has 1 N–H and O–H groups in total. The quantitative estimate of drug-likeness (QED) is 0.762. The Morgan fingerprint density at radius 1 is 1.50 bits per heavy atom. The van der Waals surface area contributed by atoms with Crippen molar-refractivity contribution in [1.29, 1.82) is 0 Å². The smallest absolute Gasteiger partial charge is 0.243 e. The van der Waals surface area contributed by atoms with Crippen LogP contribution in [0.25, 0.3) is 0 Å². The topological polar surface area (TPSA) is 29.1 Å². The number of hydrogen-bond donors (Lipinski definition) is 1. The lowest BCUT2D eigenvalue weighted by Gasteiger charge is -2.12. The van der Waals surface area contributed by atoms with Crippen molar-refractivity contribution in [3.63, 3.8) is 0 Å². The summed E-state index contributed by atoms with van der Waals surface area (Å²) in [6.45, 7) is 5.30. The number of carbonyl (C=O) groups excluding carboxylic acids is 1. The number of hydrogen-bond acceptors (Lipinski definition) is 1. The molecule has 0 fully saturated rings. The van der Waals surface area contributed by atoms with E-state index in [1.54, 1.807) is 12.1 Å². The van der Waals surface area contributed by atoms with Crippen LogP contribution in [-0.2, 0) is 4.79 Å². The molecule has 0 saturated heterocycles. The molecular weight excluding hydrogens is 198 g/mol. The Morgan fingerprint density at radius 3 is 2.57 bits per heavy atom. The van der Waals surface area contributed by atoms with Gasteiger partial charge in [-0.1, -0.05) is 30.3 Å². The van der Waals surface area contributed by atoms with E-state index in [-0.39, 0.29) is 11.9 Å². The van der Waals surface area contributed by atoms with Gasteiger partial charge in [0.05, 0.1) is 6.04 Å². The maximum atomic E-state index is 11.0. The summed E-state index contributed by atoms with van der Waals surface area (Å²) < 4.78 is 0. The van der Waals surface area contributed by atoms with Gasteiger partial charge in [0.15, 0.2) is 0 Å². The molecule has 3 heteroatoms. The average molecular weight is 210 g/mol. The molecule has 2 nitrogen and oxygen atoms in total. The zero-order chi connectivity index (χ0) is 10.6. The first-order valence-corrected chi connectivity index (χ1v) is 4.69. The number of benzene rings is 1. The molecule has 14 heavy (non-hydrogen) atoms. The molecule has 1 aromatic carbocycles. The highest BCUT2D eigenvalue weighted by molar-refractivity contribution is 6.30. The summed E-state index contributed by atoms with van der Waals surface area (Å²) in [6, 6.07) is 7.34. The Labute approximate surface area is 88.6 Å². The lowest BCUT2D eigenvalue weighted by molar-refractivity contribution is -0.117. The molecular formula is C11H12ClNO. The van der Waals surface area contributed by atoms with E-state index >= 15 is 0 Å². The second-order valence-electron chi connectivity index (χ2n) is 2.99. The molecule has 0 spiro atoms. The van der Waals surface area contributed by atoms with Crippen molar-refractivity contribution >= 4 is 17.5 Å². The summed E-state index contributed by atoms with van der Waals surface area (Å²) in [4.78, 5) is 11.0. The summed E-state index contributed by atoms with van der Waals surface area (Å²) in [5, 5.41) is 3.46. The third-order valence-corrected chi connectivity index (χ3v) is 2.17. The van der Waals surface area contributed by atoms with E-state index in [2.05, 4.69) is 11.9 Å². The summed E-state index contributed by atoms with van der Waals surface area (Å²) in [5.74, 6) is -0.174. The Hall–Kier alpha value is -1.28. The molecule has 1 amide bonds. The van der Waals surface area contributed by atoms with Crippen LogP contribution in [0.5, 0.6) is 0 Å². The molecule has 0 aliphatic heterocycles. The summed E-state index contributed by atoms with van der Waals surface area (Å²) in [5.41, 5.74) is 1.02. The Morgan fingerprint density at radius 2 is 2.07 bits per heavy atom. The number of halogens is 1. The van der Waals surface area contributed by atoms with Gasteiger partial charge in [0.1, 0.15) is 0 Å². The summed E-state index contributed by atoms with van der Waals surface area (Å²) in [6.07, 6.45) is 1.26. The minimum atomic E-state index is -0.174. The van der Waals surface area contributed by atoms with Crippen LogP contribution in [0.3, 0.4) is 0 Å². The maximum absolute atomic E-state index is 11.0. The van der Waals surface area contributed by atoms with Gasteiger partial charge in [-0.3, -0.25) is 4.79 Å². The highest BCUT2D eigenvalue weighted by Crippen LogP contribution is 2.15. The Bertz CT molecular complexity index is 332. The van der Waals surface area contributed by atoms with Crippen molar-refractivity contribution in [2.75, 3.05) is 0 Å². The maximum Gasteiger partial charge on any atom is 0.243 e. The Kier molecular flexibility index (Phi) is 3.72. The van der Waals surface area contributed by atoms with Gasteiger partial charge in [0.25, 0.3) is 0 Å². The number of carbonyl (C=O) groups is 1. The van der Waals surface area contributed by atoms with E-state index in [9.17, 15) is 4.79 Å². The first kappa shape index (κ1) is 10.8. The minimum absolute atomic E-state index is 0.0298. The number of amides is 1. The fourth-order valence-corrected chi connectivity index (χ4v) is 1.23. The van der Waals surface area contributed by atoms with E-state index in [1.807, 2.05) is 19.1 Å². The van der Waals surface area contributed by atoms with Crippen LogP contribution in [0.1, 0.15) is 18.5 Å². The van der Waals surface area contributed by atoms with E-state index in [4.69, 9.17) is 11.6 Å². The van der Waals surface area contributed by atoms with Crippen molar-refractivity contribution in [2.45, 2.75) is 13.0 Å². The first-order valence-electron chi connectivity index (χ1n) is 4.32. The van der Waals surface area contributed by atoms with Gasteiger partial charge in [-0.05, 0) is 30.7 Å². The lowest BCUT2D eigenvalue weighted by Crippen LogP contribution is -2.24. The summed E-state index contributed by atoms with van der Waals surface area (Å²) in [7, 11) is 0.